The van der Waals surface area contributed by atoms with E-state index in [9.17, 15) is 9.59 Å². The standard InChI is InChI=1S/C57H98O5/c1-4-7-10-13-16-19-22-25-27-29-30-33-35-38-41-44-47-50-56(58)61-54-55(62-57(59)51-48-45-42-39-36-32-24-21-18-15-12-9-6-3)53-60-52-49-46-43-40-37-34-31-28-26-23-20-17-14-11-8-5-2/h7,10,12,15-16,19,21,24-28,30,33,55H,4-6,8-9,11,13-14,17-18,20,22-23,29,31-32,34-54H2,1-3H3/b10-7-,15-12-,19-16-,24-21-,27-25-,28-26-,33-30-. The van der Waals surface area contributed by atoms with Gasteiger partial charge in [-0.05, 0) is 109 Å². The monoisotopic (exact) mass is 863 g/mol. The number of unbranched alkanes of at least 4 members (excludes halogenated alkanes) is 22. The molecule has 0 radical (unpaired) electrons. The van der Waals surface area contributed by atoms with Crippen LogP contribution in [-0.4, -0.2) is 37.9 Å². The van der Waals surface area contributed by atoms with E-state index in [2.05, 4.69) is 106 Å². The molecule has 62 heavy (non-hydrogen) atoms. The summed E-state index contributed by atoms with van der Waals surface area (Å²) in [5.74, 6) is -0.444. The Bertz CT molecular complexity index is 1160. The van der Waals surface area contributed by atoms with Crippen molar-refractivity contribution in [3.8, 4) is 0 Å². The van der Waals surface area contributed by atoms with Crippen LogP contribution in [0.2, 0.25) is 0 Å². The van der Waals surface area contributed by atoms with Gasteiger partial charge in [0.15, 0.2) is 6.10 Å². The maximum Gasteiger partial charge on any atom is 0.306 e. The van der Waals surface area contributed by atoms with Gasteiger partial charge in [0.2, 0.25) is 0 Å². The molecule has 0 amide bonds. The van der Waals surface area contributed by atoms with E-state index in [0.717, 1.165) is 109 Å². The van der Waals surface area contributed by atoms with Crippen LogP contribution in [0.15, 0.2) is 85.1 Å². The highest BCUT2D eigenvalue weighted by Crippen LogP contribution is 2.13. The van der Waals surface area contributed by atoms with Crippen molar-refractivity contribution in [2.75, 3.05) is 19.8 Å². The molecule has 0 aromatic rings. The van der Waals surface area contributed by atoms with Gasteiger partial charge in [-0.2, -0.15) is 0 Å². The molecule has 0 saturated carbocycles. The first-order valence-electron chi connectivity index (χ1n) is 26.1. The van der Waals surface area contributed by atoms with Gasteiger partial charge in [-0.3, -0.25) is 9.59 Å². The second-order valence-electron chi connectivity index (χ2n) is 17.0. The summed E-state index contributed by atoms with van der Waals surface area (Å²) >= 11 is 0. The van der Waals surface area contributed by atoms with E-state index in [1.807, 2.05) is 0 Å². The molecule has 0 heterocycles. The SMILES string of the molecule is CC/C=C\C/C=C\C/C=C\C/C=C\CCCCCCC(=O)OCC(COCCCCCCCC/C=C\CCCCCCCC)OC(=O)CCCCCCC/C=C\C/C=C\CCC. The van der Waals surface area contributed by atoms with Gasteiger partial charge < -0.3 is 14.2 Å². The first-order valence-corrected chi connectivity index (χ1v) is 26.1. The zero-order valence-corrected chi connectivity index (χ0v) is 40.9. The minimum atomic E-state index is -0.560. The van der Waals surface area contributed by atoms with E-state index in [1.165, 1.54) is 96.3 Å². The lowest BCUT2D eigenvalue weighted by Crippen LogP contribution is -2.30. The molecule has 0 aromatic carbocycles. The normalized spacial score (nSPS) is 12.9. The summed E-state index contributed by atoms with van der Waals surface area (Å²) in [6.07, 6.45) is 68.7. The number of allylic oxidation sites excluding steroid dienone is 14. The highest BCUT2D eigenvalue weighted by Gasteiger charge is 2.17. The molecule has 1 atom stereocenters. The van der Waals surface area contributed by atoms with Crippen molar-refractivity contribution in [2.24, 2.45) is 0 Å². The van der Waals surface area contributed by atoms with E-state index in [0.29, 0.717) is 19.4 Å². The van der Waals surface area contributed by atoms with Crippen molar-refractivity contribution < 1.29 is 23.8 Å². The lowest BCUT2D eigenvalue weighted by atomic mass is 10.1. The number of hydrogen-bond donors (Lipinski definition) is 0. The van der Waals surface area contributed by atoms with Gasteiger partial charge in [0.25, 0.3) is 0 Å². The molecule has 0 aliphatic rings. The number of esters is 2. The molecular weight excluding hydrogens is 765 g/mol. The van der Waals surface area contributed by atoms with Crippen molar-refractivity contribution in [3.63, 3.8) is 0 Å². The van der Waals surface area contributed by atoms with Crippen molar-refractivity contribution in [1.82, 2.24) is 0 Å². The van der Waals surface area contributed by atoms with Gasteiger partial charge >= 0.3 is 11.9 Å². The third kappa shape index (κ3) is 49.7. The number of rotatable bonds is 47. The molecular formula is C57H98O5. The summed E-state index contributed by atoms with van der Waals surface area (Å²) in [6.45, 7) is 7.60. The summed E-state index contributed by atoms with van der Waals surface area (Å²) in [6, 6.07) is 0. The van der Waals surface area contributed by atoms with Crippen LogP contribution in [0.5, 0.6) is 0 Å². The van der Waals surface area contributed by atoms with E-state index in [4.69, 9.17) is 14.2 Å². The second kappa shape index (κ2) is 52.4. The Morgan fingerprint density at radius 1 is 0.371 bits per heavy atom. The summed E-state index contributed by atoms with van der Waals surface area (Å²) < 4.78 is 17.4. The Morgan fingerprint density at radius 2 is 0.758 bits per heavy atom. The highest BCUT2D eigenvalue weighted by molar-refractivity contribution is 5.70. The van der Waals surface area contributed by atoms with E-state index >= 15 is 0 Å². The fraction of sp³-hybridized carbons (Fsp3) is 0.719. The minimum Gasteiger partial charge on any atom is -0.462 e. The van der Waals surface area contributed by atoms with Crippen molar-refractivity contribution in [1.29, 1.82) is 0 Å². The van der Waals surface area contributed by atoms with Crippen LogP contribution in [0.1, 0.15) is 239 Å². The molecule has 0 aromatic heterocycles. The zero-order chi connectivity index (χ0) is 44.9. The van der Waals surface area contributed by atoms with Gasteiger partial charge in [-0.1, -0.05) is 202 Å². The average molecular weight is 863 g/mol. The lowest BCUT2D eigenvalue weighted by Gasteiger charge is -2.18. The second-order valence-corrected chi connectivity index (χ2v) is 17.0. The molecule has 0 N–H and O–H groups in total. The number of carbonyl (C=O) groups is 2. The summed E-state index contributed by atoms with van der Waals surface area (Å²) in [7, 11) is 0. The third-order valence-corrected chi connectivity index (χ3v) is 10.9. The zero-order valence-electron chi connectivity index (χ0n) is 40.9. The molecule has 0 spiro atoms. The smallest absolute Gasteiger partial charge is 0.306 e. The number of carbonyl (C=O) groups excluding carboxylic acids is 2. The maximum absolute atomic E-state index is 12.8. The van der Waals surface area contributed by atoms with Gasteiger partial charge in [0.05, 0.1) is 6.61 Å². The molecule has 0 saturated heterocycles. The van der Waals surface area contributed by atoms with Crippen LogP contribution in [0.4, 0.5) is 0 Å². The first kappa shape index (κ1) is 59.1. The van der Waals surface area contributed by atoms with Gasteiger partial charge in [0, 0.05) is 19.4 Å². The molecule has 0 rings (SSSR count). The Labute approximate surface area is 384 Å². The minimum absolute atomic E-state index is 0.0612. The van der Waals surface area contributed by atoms with E-state index in [-0.39, 0.29) is 25.2 Å². The summed E-state index contributed by atoms with van der Waals surface area (Å²) in [4.78, 5) is 25.4. The Kier molecular flexibility index (Phi) is 50.0. The Balaban J connectivity index is 4.34. The summed E-state index contributed by atoms with van der Waals surface area (Å²) in [5.41, 5.74) is 0. The van der Waals surface area contributed by atoms with Crippen molar-refractivity contribution >= 4 is 11.9 Å². The third-order valence-electron chi connectivity index (χ3n) is 10.9. The molecule has 0 fully saturated rings. The molecule has 0 aliphatic heterocycles. The molecule has 0 bridgehead atoms. The van der Waals surface area contributed by atoms with Crippen LogP contribution in [0.3, 0.4) is 0 Å². The predicted octanol–water partition coefficient (Wildman–Crippen LogP) is 17.7. The van der Waals surface area contributed by atoms with Crippen LogP contribution < -0.4 is 0 Å². The Morgan fingerprint density at radius 3 is 1.24 bits per heavy atom. The lowest BCUT2D eigenvalue weighted by molar-refractivity contribution is -0.163. The van der Waals surface area contributed by atoms with Crippen LogP contribution in [0, 0.1) is 0 Å². The van der Waals surface area contributed by atoms with Crippen LogP contribution in [-0.2, 0) is 23.8 Å². The molecule has 5 nitrogen and oxygen atoms in total. The van der Waals surface area contributed by atoms with Crippen LogP contribution >= 0.6 is 0 Å². The van der Waals surface area contributed by atoms with Gasteiger partial charge in [-0.15, -0.1) is 0 Å². The first-order chi connectivity index (χ1) is 30.6. The predicted molar refractivity (Wildman–Crippen MR) is 270 cm³/mol. The average Bonchev–Trinajstić information content (AvgIpc) is 3.27. The number of hydrogen-bond acceptors (Lipinski definition) is 5. The van der Waals surface area contributed by atoms with Crippen LogP contribution in [0.25, 0.3) is 0 Å². The fourth-order valence-corrected chi connectivity index (χ4v) is 7.00. The maximum atomic E-state index is 12.8. The quantitative estimate of drug-likeness (QED) is 0.0346. The highest BCUT2D eigenvalue weighted by atomic mass is 16.6. The topological polar surface area (TPSA) is 61.8 Å². The fourth-order valence-electron chi connectivity index (χ4n) is 7.00. The van der Waals surface area contributed by atoms with Gasteiger partial charge in [-0.25, -0.2) is 0 Å². The van der Waals surface area contributed by atoms with Gasteiger partial charge in [0.1, 0.15) is 6.61 Å². The molecule has 5 heteroatoms. The molecule has 1 unspecified atom stereocenters. The Hall–Kier alpha value is -2.92. The molecule has 356 valence electrons. The van der Waals surface area contributed by atoms with E-state index < -0.39 is 6.10 Å². The summed E-state index contributed by atoms with van der Waals surface area (Å²) in [5, 5.41) is 0. The van der Waals surface area contributed by atoms with Crippen molar-refractivity contribution in [3.05, 3.63) is 85.1 Å². The molecule has 0 aliphatic carbocycles. The largest absolute Gasteiger partial charge is 0.462 e. The van der Waals surface area contributed by atoms with E-state index in [1.54, 1.807) is 0 Å². The van der Waals surface area contributed by atoms with Crippen molar-refractivity contribution in [2.45, 2.75) is 245 Å². The number of ether oxygens (including phenoxy) is 3.